The van der Waals surface area contributed by atoms with Crippen LogP contribution < -0.4 is 10.1 Å². The summed E-state index contributed by atoms with van der Waals surface area (Å²) in [6.07, 6.45) is 3.55. The Morgan fingerprint density at radius 3 is 2.86 bits per heavy atom. The molecular formula is C14H14N4O3. The molecule has 2 rings (SSSR count). The van der Waals surface area contributed by atoms with Gasteiger partial charge in [0, 0.05) is 17.7 Å². The van der Waals surface area contributed by atoms with Gasteiger partial charge in [-0.25, -0.2) is 4.99 Å². The number of non-ortho nitro benzene ring substituents is 1. The van der Waals surface area contributed by atoms with Crippen molar-refractivity contribution in [2.45, 2.75) is 26.4 Å². The molecule has 7 nitrogen and oxygen atoms in total. The van der Waals surface area contributed by atoms with Gasteiger partial charge in [0.2, 0.25) is 0 Å². The summed E-state index contributed by atoms with van der Waals surface area (Å²) in [5.74, 6) is 0.926. The molecule has 108 valence electrons. The molecule has 0 aliphatic carbocycles. The van der Waals surface area contributed by atoms with E-state index in [-0.39, 0.29) is 5.69 Å². The number of hydrogen-bond donors (Lipinski definition) is 1. The number of nitrogens with one attached hydrogen (secondary N) is 1. The third-order valence-electron chi connectivity index (χ3n) is 2.83. The molecule has 1 aromatic carbocycles. The molecule has 0 radical (unpaired) electrons. The van der Waals surface area contributed by atoms with E-state index in [4.69, 9.17) is 10.00 Å². The van der Waals surface area contributed by atoms with Crippen LogP contribution in [0.2, 0.25) is 0 Å². The molecule has 0 saturated heterocycles. The van der Waals surface area contributed by atoms with Crippen molar-refractivity contribution >= 4 is 17.2 Å². The summed E-state index contributed by atoms with van der Waals surface area (Å²) >= 11 is 0. The number of rotatable bonds is 2. The van der Waals surface area contributed by atoms with Gasteiger partial charge in [-0.15, -0.1) is 0 Å². The lowest BCUT2D eigenvalue weighted by molar-refractivity contribution is -0.384. The van der Waals surface area contributed by atoms with Crippen molar-refractivity contribution in [1.29, 1.82) is 5.26 Å². The van der Waals surface area contributed by atoms with Crippen LogP contribution in [-0.4, -0.2) is 16.4 Å². The number of hydrogen-bond acceptors (Lipinski definition) is 5. The molecule has 0 saturated carbocycles. The molecule has 1 aromatic rings. The first-order valence-corrected chi connectivity index (χ1v) is 6.23. The van der Waals surface area contributed by atoms with Gasteiger partial charge in [-0.3, -0.25) is 15.4 Å². The number of nitriles is 1. The van der Waals surface area contributed by atoms with Gasteiger partial charge in [-0.05, 0) is 32.9 Å². The number of aliphatic imine (C=N–C) groups is 1. The van der Waals surface area contributed by atoms with Gasteiger partial charge in [-0.2, -0.15) is 5.26 Å². The van der Waals surface area contributed by atoms with Crippen LogP contribution in [0.15, 0.2) is 29.3 Å². The standard InChI is InChI=1S/C14H14N4O3/c1-9(16-8-15)17-12-7-14(2,3)21-13-5-4-10(18(19)20)6-11(12)13/h4-7H,1-3H3,(H,16,17). The van der Waals surface area contributed by atoms with Crippen LogP contribution in [0.3, 0.4) is 0 Å². The SMILES string of the molecule is CC(=NC1=CC(C)(C)Oc2ccc([N+](=O)[O-])cc21)NC#N. The van der Waals surface area contributed by atoms with E-state index < -0.39 is 10.5 Å². The monoisotopic (exact) mass is 286 g/mol. The van der Waals surface area contributed by atoms with Crippen molar-refractivity contribution in [1.82, 2.24) is 5.32 Å². The maximum Gasteiger partial charge on any atom is 0.270 e. The van der Waals surface area contributed by atoms with Crippen LogP contribution >= 0.6 is 0 Å². The fraction of sp³-hybridized carbons (Fsp3) is 0.286. The smallest absolute Gasteiger partial charge is 0.270 e. The van der Waals surface area contributed by atoms with Gasteiger partial charge in [0.25, 0.3) is 5.69 Å². The maximum atomic E-state index is 10.9. The fourth-order valence-corrected chi connectivity index (χ4v) is 2.02. The van der Waals surface area contributed by atoms with Crippen LogP contribution in [0.25, 0.3) is 5.70 Å². The van der Waals surface area contributed by atoms with Gasteiger partial charge in [-0.1, -0.05) is 0 Å². The minimum Gasteiger partial charge on any atom is -0.483 e. The first-order chi connectivity index (χ1) is 9.82. The molecule has 0 atom stereocenters. The van der Waals surface area contributed by atoms with E-state index in [1.807, 2.05) is 13.8 Å². The summed E-state index contributed by atoms with van der Waals surface area (Å²) in [4.78, 5) is 14.7. The zero-order valence-corrected chi connectivity index (χ0v) is 11.9. The van der Waals surface area contributed by atoms with E-state index in [1.54, 1.807) is 25.3 Å². The largest absolute Gasteiger partial charge is 0.483 e. The highest BCUT2D eigenvalue weighted by Gasteiger charge is 2.28. The third-order valence-corrected chi connectivity index (χ3v) is 2.83. The van der Waals surface area contributed by atoms with Crippen LogP contribution in [0, 0.1) is 21.6 Å². The Bertz CT molecular complexity index is 699. The summed E-state index contributed by atoms with van der Waals surface area (Å²) in [5.41, 5.74) is 0.436. The maximum absolute atomic E-state index is 10.9. The highest BCUT2D eigenvalue weighted by atomic mass is 16.6. The summed E-state index contributed by atoms with van der Waals surface area (Å²) < 4.78 is 5.77. The fourth-order valence-electron chi connectivity index (χ4n) is 2.02. The first-order valence-electron chi connectivity index (χ1n) is 6.23. The Balaban J connectivity index is 2.56. The molecule has 7 heteroatoms. The van der Waals surface area contributed by atoms with Crippen molar-refractivity contribution in [2.75, 3.05) is 0 Å². The topological polar surface area (TPSA) is 101 Å². The predicted molar refractivity (Wildman–Crippen MR) is 77.6 cm³/mol. The Hall–Kier alpha value is -2.88. The van der Waals surface area contributed by atoms with E-state index >= 15 is 0 Å². The van der Waals surface area contributed by atoms with Crippen LogP contribution in [0.4, 0.5) is 5.69 Å². The molecule has 0 aromatic heterocycles. The van der Waals surface area contributed by atoms with Gasteiger partial charge >= 0.3 is 0 Å². The van der Waals surface area contributed by atoms with Crippen LogP contribution in [0.1, 0.15) is 26.3 Å². The average molecular weight is 286 g/mol. The van der Waals surface area contributed by atoms with Gasteiger partial charge in [0.15, 0.2) is 6.19 Å². The zero-order valence-electron chi connectivity index (χ0n) is 11.9. The van der Waals surface area contributed by atoms with Crippen molar-refractivity contribution in [2.24, 2.45) is 4.99 Å². The lowest BCUT2D eigenvalue weighted by Gasteiger charge is -2.29. The Labute approximate surface area is 121 Å². The lowest BCUT2D eigenvalue weighted by Crippen LogP contribution is -2.29. The van der Waals surface area contributed by atoms with Gasteiger partial charge in [0.1, 0.15) is 17.2 Å². The second-order valence-corrected chi connectivity index (χ2v) is 5.11. The summed E-state index contributed by atoms with van der Waals surface area (Å²) in [5, 5.41) is 21.9. The van der Waals surface area contributed by atoms with Crippen LogP contribution in [0.5, 0.6) is 5.75 Å². The second kappa shape index (κ2) is 5.25. The molecule has 0 fully saturated rings. The molecule has 0 amide bonds. The minimum absolute atomic E-state index is 0.0379. The Morgan fingerprint density at radius 2 is 2.24 bits per heavy atom. The molecule has 1 aliphatic rings. The van der Waals surface area contributed by atoms with E-state index in [9.17, 15) is 10.1 Å². The molecule has 0 spiro atoms. The summed E-state index contributed by atoms with van der Waals surface area (Å²) in [7, 11) is 0. The molecule has 1 heterocycles. The molecule has 0 unspecified atom stereocenters. The number of nitro groups is 1. The van der Waals surface area contributed by atoms with Crippen molar-refractivity contribution < 1.29 is 9.66 Å². The van der Waals surface area contributed by atoms with Gasteiger partial charge in [0.05, 0.1) is 10.6 Å². The number of amidine groups is 1. The number of nitrogens with zero attached hydrogens (tertiary/aromatic N) is 3. The molecule has 0 bridgehead atoms. The van der Waals surface area contributed by atoms with Crippen molar-refractivity contribution in [3.05, 3.63) is 40.0 Å². The van der Waals surface area contributed by atoms with Crippen LogP contribution in [-0.2, 0) is 0 Å². The summed E-state index contributed by atoms with van der Waals surface area (Å²) in [6.45, 7) is 5.36. The Kier molecular flexibility index (Phi) is 3.63. The number of nitro benzene ring substituents is 1. The highest BCUT2D eigenvalue weighted by Crippen LogP contribution is 2.38. The number of ether oxygens (including phenoxy) is 1. The molecular weight excluding hydrogens is 272 g/mol. The predicted octanol–water partition coefficient (Wildman–Crippen LogP) is 2.60. The third kappa shape index (κ3) is 3.17. The second-order valence-electron chi connectivity index (χ2n) is 5.11. The van der Waals surface area contributed by atoms with Crippen molar-refractivity contribution in [3.8, 4) is 11.9 Å². The summed E-state index contributed by atoms with van der Waals surface area (Å²) in [6, 6.07) is 4.37. The van der Waals surface area contributed by atoms with Gasteiger partial charge < -0.3 is 4.74 Å². The number of fused-ring (bicyclic) bond motifs is 1. The Morgan fingerprint density at radius 1 is 1.52 bits per heavy atom. The van der Waals surface area contributed by atoms with Crippen molar-refractivity contribution in [3.63, 3.8) is 0 Å². The quantitative estimate of drug-likeness (QED) is 0.225. The average Bonchev–Trinajstić information content (AvgIpc) is 2.37. The van der Waals surface area contributed by atoms with E-state index in [1.165, 1.54) is 12.1 Å². The number of benzene rings is 1. The van der Waals surface area contributed by atoms with E-state index in [0.29, 0.717) is 22.8 Å². The van der Waals surface area contributed by atoms with E-state index in [2.05, 4.69) is 10.3 Å². The zero-order chi connectivity index (χ0) is 15.6. The lowest BCUT2D eigenvalue weighted by atomic mass is 9.99. The first kappa shape index (κ1) is 14.5. The normalized spacial score (nSPS) is 16.1. The minimum atomic E-state index is -0.588. The molecule has 1 aliphatic heterocycles. The molecule has 21 heavy (non-hydrogen) atoms. The highest BCUT2D eigenvalue weighted by molar-refractivity contribution is 5.88. The molecule has 1 N–H and O–H groups in total. The van der Waals surface area contributed by atoms with E-state index in [0.717, 1.165) is 0 Å².